The van der Waals surface area contributed by atoms with Crippen molar-refractivity contribution < 1.29 is 0 Å². The van der Waals surface area contributed by atoms with Gasteiger partial charge in [-0.05, 0) is 30.4 Å². The predicted octanol–water partition coefficient (Wildman–Crippen LogP) is 1.85. The van der Waals surface area contributed by atoms with E-state index in [1.54, 1.807) is 6.20 Å². The van der Waals surface area contributed by atoms with E-state index < -0.39 is 0 Å². The Hall–Kier alpha value is -1.36. The van der Waals surface area contributed by atoms with E-state index in [1.807, 2.05) is 7.05 Å². The van der Waals surface area contributed by atoms with Crippen molar-refractivity contribution in [1.82, 2.24) is 20.2 Å². The van der Waals surface area contributed by atoms with E-state index in [9.17, 15) is 0 Å². The Morgan fingerprint density at radius 1 is 1.50 bits per heavy atom. The Labute approximate surface area is 97.8 Å². The summed E-state index contributed by atoms with van der Waals surface area (Å²) in [7, 11) is 2.03. The Kier molecular flexibility index (Phi) is 2.21. The molecule has 84 valence electrons. The van der Waals surface area contributed by atoms with Gasteiger partial charge in [-0.3, -0.25) is 5.10 Å². The van der Waals surface area contributed by atoms with Crippen LogP contribution in [0.2, 0.25) is 5.28 Å². The van der Waals surface area contributed by atoms with Crippen LogP contribution in [0.4, 0.5) is 5.82 Å². The highest BCUT2D eigenvalue weighted by atomic mass is 35.5. The molecule has 0 radical (unpaired) electrons. The van der Waals surface area contributed by atoms with Crippen molar-refractivity contribution in [2.24, 2.45) is 5.92 Å². The van der Waals surface area contributed by atoms with Crippen LogP contribution in [0.1, 0.15) is 12.8 Å². The molecule has 3 rings (SSSR count). The number of halogens is 1. The van der Waals surface area contributed by atoms with Crippen LogP contribution in [-0.2, 0) is 0 Å². The predicted molar refractivity (Wildman–Crippen MR) is 62.7 cm³/mol. The summed E-state index contributed by atoms with van der Waals surface area (Å²) in [6.45, 7) is 1.02. The zero-order chi connectivity index (χ0) is 11.1. The molecule has 1 aliphatic rings. The highest BCUT2D eigenvalue weighted by Gasteiger charge is 2.24. The number of fused-ring (bicyclic) bond motifs is 1. The van der Waals surface area contributed by atoms with Gasteiger partial charge in [0.2, 0.25) is 5.28 Å². The third-order valence-corrected chi connectivity index (χ3v) is 3.02. The van der Waals surface area contributed by atoms with Gasteiger partial charge in [0.25, 0.3) is 0 Å². The van der Waals surface area contributed by atoms with Crippen LogP contribution in [-0.4, -0.2) is 33.8 Å². The lowest BCUT2D eigenvalue weighted by Gasteiger charge is -2.18. The van der Waals surface area contributed by atoms with E-state index in [2.05, 4.69) is 25.1 Å². The van der Waals surface area contributed by atoms with Crippen LogP contribution in [0.3, 0.4) is 0 Å². The quantitative estimate of drug-likeness (QED) is 0.828. The molecule has 5 nitrogen and oxygen atoms in total. The van der Waals surface area contributed by atoms with Crippen molar-refractivity contribution >= 4 is 28.5 Å². The normalized spacial score (nSPS) is 15.6. The summed E-state index contributed by atoms with van der Waals surface area (Å²) in [5.41, 5.74) is 0.692. The Morgan fingerprint density at radius 2 is 2.31 bits per heavy atom. The molecule has 1 aliphatic carbocycles. The first-order chi connectivity index (χ1) is 7.74. The summed E-state index contributed by atoms with van der Waals surface area (Å²) < 4.78 is 0. The number of H-pyrrole nitrogens is 1. The van der Waals surface area contributed by atoms with Gasteiger partial charge in [0.1, 0.15) is 5.82 Å². The maximum atomic E-state index is 5.88. The van der Waals surface area contributed by atoms with E-state index in [0.29, 0.717) is 5.65 Å². The first-order valence-corrected chi connectivity index (χ1v) is 5.69. The second-order valence-electron chi connectivity index (χ2n) is 4.27. The molecule has 1 N–H and O–H groups in total. The summed E-state index contributed by atoms with van der Waals surface area (Å²) in [4.78, 5) is 10.5. The molecular weight excluding hydrogens is 226 g/mol. The number of aromatic amines is 1. The van der Waals surface area contributed by atoms with Gasteiger partial charge in [-0.25, -0.2) is 0 Å². The minimum Gasteiger partial charge on any atom is -0.359 e. The number of rotatable bonds is 3. The van der Waals surface area contributed by atoms with Gasteiger partial charge < -0.3 is 4.90 Å². The standard InChI is InChI=1S/C10H12ClN5/c1-16(5-6-2-3-6)9-7-4-12-15-8(7)13-10(11)14-9/h4,6H,2-3,5H2,1H3,(H,12,13,14,15). The molecule has 0 atom stereocenters. The molecule has 0 saturated heterocycles. The molecule has 0 amide bonds. The minimum atomic E-state index is 0.259. The fraction of sp³-hybridized carbons (Fsp3) is 0.500. The van der Waals surface area contributed by atoms with E-state index in [0.717, 1.165) is 23.7 Å². The van der Waals surface area contributed by atoms with E-state index >= 15 is 0 Å². The first-order valence-electron chi connectivity index (χ1n) is 5.32. The van der Waals surface area contributed by atoms with Crippen LogP contribution in [0.5, 0.6) is 0 Å². The first kappa shape index (κ1) is 9.84. The number of nitrogens with one attached hydrogen (secondary N) is 1. The fourth-order valence-corrected chi connectivity index (χ4v) is 2.02. The molecule has 1 fully saturated rings. The SMILES string of the molecule is CN(CC1CC1)c1nc(Cl)nc2[nH]ncc12. The van der Waals surface area contributed by atoms with Gasteiger partial charge in [-0.2, -0.15) is 15.1 Å². The molecule has 0 aliphatic heterocycles. The Morgan fingerprint density at radius 3 is 3.06 bits per heavy atom. The molecule has 0 aromatic carbocycles. The van der Waals surface area contributed by atoms with Crippen molar-refractivity contribution in [3.8, 4) is 0 Å². The minimum absolute atomic E-state index is 0.259. The zero-order valence-corrected chi connectivity index (χ0v) is 9.70. The highest BCUT2D eigenvalue weighted by Crippen LogP contribution is 2.32. The maximum absolute atomic E-state index is 5.88. The van der Waals surface area contributed by atoms with Gasteiger partial charge in [-0.1, -0.05) is 0 Å². The van der Waals surface area contributed by atoms with Crippen molar-refractivity contribution in [1.29, 1.82) is 0 Å². The Bertz CT molecular complexity index is 519. The van der Waals surface area contributed by atoms with E-state index in [1.165, 1.54) is 12.8 Å². The van der Waals surface area contributed by atoms with Crippen LogP contribution in [0.15, 0.2) is 6.20 Å². The number of hydrogen-bond acceptors (Lipinski definition) is 4. The van der Waals surface area contributed by atoms with Gasteiger partial charge in [-0.15, -0.1) is 0 Å². The average molecular weight is 238 g/mol. The number of nitrogens with zero attached hydrogens (tertiary/aromatic N) is 4. The van der Waals surface area contributed by atoms with Gasteiger partial charge in [0, 0.05) is 13.6 Å². The lowest BCUT2D eigenvalue weighted by molar-refractivity contribution is 0.779. The molecule has 2 aromatic heterocycles. The average Bonchev–Trinajstić information content (AvgIpc) is 2.93. The second-order valence-corrected chi connectivity index (χ2v) is 4.61. The van der Waals surface area contributed by atoms with E-state index in [-0.39, 0.29) is 5.28 Å². The maximum Gasteiger partial charge on any atom is 0.226 e. The van der Waals surface area contributed by atoms with E-state index in [4.69, 9.17) is 11.6 Å². The molecule has 0 spiro atoms. The summed E-state index contributed by atoms with van der Waals surface area (Å²) in [6.07, 6.45) is 4.37. The third-order valence-electron chi connectivity index (χ3n) is 2.85. The van der Waals surface area contributed by atoms with Crippen molar-refractivity contribution in [3.63, 3.8) is 0 Å². The molecule has 16 heavy (non-hydrogen) atoms. The van der Waals surface area contributed by atoms with Crippen molar-refractivity contribution in [2.75, 3.05) is 18.5 Å². The third kappa shape index (κ3) is 1.71. The number of aromatic nitrogens is 4. The molecule has 2 aromatic rings. The molecule has 0 bridgehead atoms. The molecule has 0 unspecified atom stereocenters. The second kappa shape index (κ2) is 3.59. The highest BCUT2D eigenvalue weighted by molar-refractivity contribution is 6.28. The van der Waals surface area contributed by atoms with Crippen molar-refractivity contribution in [3.05, 3.63) is 11.5 Å². The zero-order valence-electron chi connectivity index (χ0n) is 8.94. The van der Waals surface area contributed by atoms with Crippen LogP contribution in [0.25, 0.3) is 11.0 Å². The lowest BCUT2D eigenvalue weighted by atomic mass is 10.3. The monoisotopic (exact) mass is 237 g/mol. The summed E-state index contributed by atoms with van der Waals surface area (Å²) in [6, 6.07) is 0. The van der Waals surface area contributed by atoms with Crippen LogP contribution in [0, 0.1) is 5.92 Å². The van der Waals surface area contributed by atoms with Gasteiger partial charge in [0.15, 0.2) is 5.65 Å². The van der Waals surface area contributed by atoms with Gasteiger partial charge in [0.05, 0.1) is 11.6 Å². The lowest BCUT2D eigenvalue weighted by Crippen LogP contribution is -2.21. The van der Waals surface area contributed by atoms with Crippen molar-refractivity contribution in [2.45, 2.75) is 12.8 Å². The van der Waals surface area contributed by atoms with Gasteiger partial charge >= 0.3 is 0 Å². The van der Waals surface area contributed by atoms with Crippen LogP contribution >= 0.6 is 11.6 Å². The molecule has 2 heterocycles. The summed E-state index contributed by atoms with van der Waals surface area (Å²) >= 11 is 5.88. The topological polar surface area (TPSA) is 57.7 Å². The Balaban J connectivity index is 2.02. The van der Waals surface area contributed by atoms with Crippen LogP contribution < -0.4 is 4.90 Å². The molecule has 6 heteroatoms. The smallest absolute Gasteiger partial charge is 0.226 e. The molecule has 1 saturated carbocycles. The number of hydrogen-bond donors (Lipinski definition) is 1. The summed E-state index contributed by atoms with van der Waals surface area (Å²) in [5.74, 6) is 1.66. The largest absolute Gasteiger partial charge is 0.359 e. The number of anilines is 1. The summed E-state index contributed by atoms with van der Waals surface area (Å²) in [5, 5.41) is 7.96. The fourth-order valence-electron chi connectivity index (χ4n) is 1.86. The molecular formula is C10H12ClN5.